The summed E-state index contributed by atoms with van der Waals surface area (Å²) in [4.78, 5) is 16.4. The number of benzene rings is 2. The average molecular weight is 383 g/mol. The van der Waals surface area contributed by atoms with Crippen LogP contribution >= 0.6 is 11.6 Å². The van der Waals surface area contributed by atoms with E-state index >= 15 is 0 Å². The molecule has 0 fully saturated rings. The third-order valence-electron chi connectivity index (χ3n) is 3.56. The van der Waals surface area contributed by atoms with Gasteiger partial charge in [0.2, 0.25) is 5.90 Å². The van der Waals surface area contributed by atoms with Gasteiger partial charge in [-0.2, -0.15) is 5.26 Å². The molecule has 0 N–H and O–H groups in total. The molecule has 0 amide bonds. The number of rotatable bonds is 6. The highest BCUT2D eigenvalue weighted by Crippen LogP contribution is 2.37. The van der Waals surface area contributed by atoms with E-state index in [1.54, 1.807) is 30.3 Å². The molecule has 2 aromatic rings. The molecule has 1 heterocycles. The molecule has 0 saturated heterocycles. The third kappa shape index (κ3) is 4.27. The Morgan fingerprint density at radius 1 is 1.26 bits per heavy atom. The Hall–Kier alpha value is -3.30. The van der Waals surface area contributed by atoms with Gasteiger partial charge < -0.3 is 14.2 Å². The van der Waals surface area contributed by atoms with Crippen LogP contribution in [-0.2, 0) is 9.53 Å². The zero-order valence-corrected chi connectivity index (χ0v) is 15.2. The van der Waals surface area contributed by atoms with Gasteiger partial charge in [0.25, 0.3) is 0 Å². The Kier molecular flexibility index (Phi) is 5.74. The first-order valence-corrected chi connectivity index (χ1v) is 8.54. The lowest BCUT2D eigenvalue weighted by Gasteiger charge is -2.12. The molecule has 1 aliphatic heterocycles. The van der Waals surface area contributed by atoms with Crippen LogP contribution in [0.15, 0.2) is 53.2 Å². The van der Waals surface area contributed by atoms with E-state index < -0.39 is 5.97 Å². The smallest absolute Gasteiger partial charge is 0.363 e. The molecule has 136 valence electrons. The van der Waals surface area contributed by atoms with Gasteiger partial charge in [-0.05, 0) is 42.8 Å². The zero-order valence-electron chi connectivity index (χ0n) is 14.4. The summed E-state index contributed by atoms with van der Waals surface area (Å²) < 4.78 is 16.1. The summed E-state index contributed by atoms with van der Waals surface area (Å²) in [5, 5.41) is 8.96. The lowest BCUT2D eigenvalue weighted by molar-refractivity contribution is -0.129. The van der Waals surface area contributed by atoms with Crippen molar-refractivity contribution < 1.29 is 19.0 Å². The second-order valence-electron chi connectivity index (χ2n) is 5.41. The van der Waals surface area contributed by atoms with Crippen LogP contribution in [0.25, 0.3) is 6.08 Å². The topological polar surface area (TPSA) is 80.9 Å². The SMILES string of the molecule is CCOc1cc(/C=C2\N=C(c3ccccc3)OC2=O)cc(Cl)c1OCC#N. The van der Waals surface area contributed by atoms with Gasteiger partial charge in [0.05, 0.1) is 11.6 Å². The molecular formula is C20H15ClN2O4. The predicted octanol–water partition coefficient (Wildman–Crippen LogP) is 3.99. The first-order valence-electron chi connectivity index (χ1n) is 8.16. The summed E-state index contributed by atoms with van der Waals surface area (Å²) >= 11 is 6.26. The number of nitriles is 1. The van der Waals surface area contributed by atoms with Crippen LogP contribution in [0.3, 0.4) is 0 Å². The molecule has 0 spiro atoms. The number of halogens is 1. The molecule has 0 aromatic heterocycles. The highest BCUT2D eigenvalue weighted by molar-refractivity contribution is 6.32. The van der Waals surface area contributed by atoms with Crippen LogP contribution in [0, 0.1) is 11.3 Å². The Morgan fingerprint density at radius 3 is 2.74 bits per heavy atom. The number of nitrogens with zero attached hydrogens (tertiary/aromatic N) is 2. The Balaban J connectivity index is 1.95. The van der Waals surface area contributed by atoms with Crippen molar-refractivity contribution in [1.29, 1.82) is 5.26 Å². The highest BCUT2D eigenvalue weighted by atomic mass is 35.5. The molecule has 3 rings (SSSR count). The number of hydrogen-bond acceptors (Lipinski definition) is 6. The van der Waals surface area contributed by atoms with E-state index in [-0.39, 0.29) is 29.0 Å². The van der Waals surface area contributed by atoms with E-state index in [1.165, 1.54) is 0 Å². The molecule has 0 unspecified atom stereocenters. The standard InChI is InChI=1S/C20H15ClN2O4/c1-2-25-17-12-13(10-15(21)18(17)26-9-8-22)11-16-20(24)27-19(23-16)14-6-4-3-5-7-14/h3-7,10-12H,2,9H2,1H3/b16-11-. The van der Waals surface area contributed by atoms with Crippen molar-refractivity contribution in [3.8, 4) is 17.6 Å². The largest absolute Gasteiger partial charge is 0.490 e. The van der Waals surface area contributed by atoms with Crippen LogP contribution in [0.2, 0.25) is 5.02 Å². The summed E-state index contributed by atoms with van der Waals surface area (Å²) in [7, 11) is 0. The number of carbonyl (C=O) groups is 1. The molecule has 7 heteroatoms. The number of esters is 1. The van der Waals surface area contributed by atoms with Crippen molar-refractivity contribution in [3.63, 3.8) is 0 Å². The van der Waals surface area contributed by atoms with E-state index in [4.69, 9.17) is 31.1 Å². The molecular weight excluding hydrogens is 368 g/mol. The normalized spacial score (nSPS) is 14.5. The monoisotopic (exact) mass is 382 g/mol. The third-order valence-corrected chi connectivity index (χ3v) is 3.84. The second-order valence-corrected chi connectivity index (χ2v) is 5.82. The van der Waals surface area contributed by atoms with E-state index in [1.807, 2.05) is 31.2 Å². The van der Waals surface area contributed by atoms with Crippen molar-refractivity contribution in [2.45, 2.75) is 6.92 Å². The van der Waals surface area contributed by atoms with Gasteiger partial charge in [-0.25, -0.2) is 9.79 Å². The van der Waals surface area contributed by atoms with E-state index in [9.17, 15) is 4.79 Å². The van der Waals surface area contributed by atoms with E-state index in [2.05, 4.69) is 4.99 Å². The van der Waals surface area contributed by atoms with Gasteiger partial charge in [0.15, 0.2) is 23.8 Å². The Bertz CT molecular complexity index is 962. The second kappa shape index (κ2) is 8.39. The fraction of sp³-hybridized carbons (Fsp3) is 0.150. The average Bonchev–Trinajstić information content (AvgIpc) is 3.03. The van der Waals surface area contributed by atoms with Crippen LogP contribution in [0.1, 0.15) is 18.1 Å². The minimum atomic E-state index is -0.548. The summed E-state index contributed by atoms with van der Waals surface area (Å²) in [5.74, 6) is 0.361. The quantitative estimate of drug-likeness (QED) is 0.557. The molecule has 0 atom stereocenters. The first kappa shape index (κ1) is 18.5. The lowest BCUT2D eigenvalue weighted by Crippen LogP contribution is -2.05. The Labute approximate surface area is 161 Å². The van der Waals surface area contributed by atoms with Crippen molar-refractivity contribution in [3.05, 3.63) is 64.3 Å². The highest BCUT2D eigenvalue weighted by Gasteiger charge is 2.24. The van der Waals surface area contributed by atoms with Crippen molar-refractivity contribution >= 4 is 29.5 Å². The van der Waals surface area contributed by atoms with Gasteiger partial charge in [-0.3, -0.25) is 0 Å². The molecule has 0 saturated carbocycles. The lowest BCUT2D eigenvalue weighted by atomic mass is 10.1. The molecule has 0 bridgehead atoms. The Morgan fingerprint density at radius 2 is 2.04 bits per heavy atom. The predicted molar refractivity (Wildman–Crippen MR) is 101 cm³/mol. The van der Waals surface area contributed by atoms with Gasteiger partial charge >= 0.3 is 5.97 Å². The summed E-state index contributed by atoms with van der Waals surface area (Å²) in [6.45, 7) is 2.05. The van der Waals surface area contributed by atoms with Crippen LogP contribution in [0.5, 0.6) is 11.5 Å². The zero-order chi connectivity index (χ0) is 19.2. The van der Waals surface area contributed by atoms with Crippen molar-refractivity contribution in [2.75, 3.05) is 13.2 Å². The summed E-state index contributed by atoms with van der Waals surface area (Å²) in [6, 6.07) is 14.3. The van der Waals surface area contributed by atoms with Crippen molar-refractivity contribution in [2.24, 2.45) is 4.99 Å². The molecule has 0 aliphatic carbocycles. The fourth-order valence-electron chi connectivity index (χ4n) is 2.45. The first-order chi connectivity index (χ1) is 13.1. The minimum Gasteiger partial charge on any atom is -0.490 e. The summed E-state index contributed by atoms with van der Waals surface area (Å²) in [5.41, 5.74) is 1.46. The molecule has 0 radical (unpaired) electrons. The number of aliphatic imine (C=N–C) groups is 1. The van der Waals surface area contributed by atoms with Gasteiger partial charge in [0, 0.05) is 5.56 Å². The van der Waals surface area contributed by atoms with Gasteiger partial charge in [-0.15, -0.1) is 0 Å². The maximum Gasteiger partial charge on any atom is 0.363 e. The molecule has 2 aromatic carbocycles. The molecule has 27 heavy (non-hydrogen) atoms. The molecule has 6 nitrogen and oxygen atoms in total. The number of hydrogen-bond donors (Lipinski definition) is 0. The number of cyclic esters (lactones) is 1. The van der Waals surface area contributed by atoms with Crippen LogP contribution in [-0.4, -0.2) is 25.1 Å². The van der Waals surface area contributed by atoms with E-state index in [0.717, 1.165) is 0 Å². The molecule has 1 aliphatic rings. The van der Waals surface area contributed by atoms with Crippen LogP contribution < -0.4 is 9.47 Å². The van der Waals surface area contributed by atoms with Crippen molar-refractivity contribution in [1.82, 2.24) is 0 Å². The van der Waals surface area contributed by atoms with Crippen LogP contribution in [0.4, 0.5) is 0 Å². The minimum absolute atomic E-state index is 0.151. The van der Waals surface area contributed by atoms with Gasteiger partial charge in [0.1, 0.15) is 6.07 Å². The maximum atomic E-state index is 12.1. The number of carbonyl (C=O) groups excluding carboxylic acids is 1. The van der Waals surface area contributed by atoms with E-state index in [0.29, 0.717) is 23.5 Å². The van der Waals surface area contributed by atoms with Gasteiger partial charge in [-0.1, -0.05) is 29.8 Å². The fourth-order valence-corrected chi connectivity index (χ4v) is 2.72. The number of ether oxygens (including phenoxy) is 3. The summed E-state index contributed by atoms with van der Waals surface area (Å²) in [6.07, 6.45) is 1.56. The maximum absolute atomic E-state index is 12.1.